The molecule has 0 spiro atoms. The standard InChI is InChI=1S/C14H25BrN2O3S/c1-5-6-7-8-17(11(2)3)21(18,19)13-9-12(10-16-4)20-14(13)15/h9,11,16H,5-8,10H2,1-4H3. The third kappa shape index (κ3) is 4.81. The van der Waals surface area contributed by atoms with E-state index in [1.54, 1.807) is 17.4 Å². The molecule has 0 saturated heterocycles. The van der Waals surface area contributed by atoms with E-state index in [-0.39, 0.29) is 15.6 Å². The fourth-order valence-corrected chi connectivity index (χ4v) is 4.77. The molecule has 1 aromatic heterocycles. The monoisotopic (exact) mass is 380 g/mol. The Bertz CT molecular complexity index is 540. The Hall–Kier alpha value is -0.370. The molecule has 0 aliphatic carbocycles. The minimum absolute atomic E-state index is 0.0820. The van der Waals surface area contributed by atoms with Crippen LogP contribution in [-0.2, 0) is 16.6 Å². The van der Waals surface area contributed by atoms with Crippen molar-refractivity contribution in [1.29, 1.82) is 0 Å². The summed E-state index contributed by atoms with van der Waals surface area (Å²) in [6.45, 7) is 6.92. The van der Waals surface area contributed by atoms with Crippen LogP contribution >= 0.6 is 15.9 Å². The summed E-state index contributed by atoms with van der Waals surface area (Å²) in [5.74, 6) is 0.597. The number of rotatable bonds is 9. The quantitative estimate of drug-likeness (QED) is 0.667. The summed E-state index contributed by atoms with van der Waals surface area (Å²) in [4.78, 5) is 0.206. The molecule has 0 fully saturated rings. The first-order valence-corrected chi connectivity index (χ1v) is 9.52. The van der Waals surface area contributed by atoms with Crippen LogP contribution in [0, 0.1) is 0 Å². The number of sulfonamides is 1. The highest BCUT2D eigenvalue weighted by molar-refractivity contribution is 9.10. The molecule has 0 bridgehead atoms. The third-order valence-electron chi connectivity index (χ3n) is 3.20. The van der Waals surface area contributed by atoms with Crippen LogP contribution < -0.4 is 5.32 Å². The molecule has 0 aliphatic rings. The van der Waals surface area contributed by atoms with Gasteiger partial charge in [0.05, 0.1) is 6.54 Å². The van der Waals surface area contributed by atoms with E-state index in [1.165, 1.54) is 0 Å². The van der Waals surface area contributed by atoms with E-state index in [0.29, 0.717) is 18.8 Å². The van der Waals surface area contributed by atoms with E-state index in [2.05, 4.69) is 28.2 Å². The van der Waals surface area contributed by atoms with Gasteiger partial charge in [-0.15, -0.1) is 0 Å². The minimum atomic E-state index is -3.54. The molecule has 0 unspecified atom stereocenters. The van der Waals surface area contributed by atoms with Crippen LogP contribution in [0.1, 0.15) is 45.8 Å². The van der Waals surface area contributed by atoms with Gasteiger partial charge in [0.2, 0.25) is 10.0 Å². The number of hydrogen-bond acceptors (Lipinski definition) is 4. The Balaban J connectivity index is 3.04. The highest BCUT2D eigenvalue weighted by atomic mass is 79.9. The number of furan rings is 1. The molecule has 21 heavy (non-hydrogen) atoms. The first kappa shape index (κ1) is 18.7. The summed E-state index contributed by atoms with van der Waals surface area (Å²) in [5.41, 5.74) is 0. The average molecular weight is 381 g/mol. The fraction of sp³-hybridized carbons (Fsp3) is 0.714. The maximum Gasteiger partial charge on any atom is 0.247 e. The Labute approximate surface area is 136 Å². The van der Waals surface area contributed by atoms with E-state index in [4.69, 9.17) is 4.42 Å². The maximum absolute atomic E-state index is 12.8. The normalized spacial score (nSPS) is 12.5. The number of unbranched alkanes of at least 4 members (excludes halogenated alkanes) is 2. The van der Waals surface area contributed by atoms with E-state index in [1.807, 2.05) is 13.8 Å². The lowest BCUT2D eigenvalue weighted by Gasteiger charge is -2.25. The first-order valence-electron chi connectivity index (χ1n) is 7.29. The van der Waals surface area contributed by atoms with Gasteiger partial charge in [0.15, 0.2) is 4.67 Å². The van der Waals surface area contributed by atoms with Crippen molar-refractivity contribution in [2.45, 2.75) is 57.5 Å². The molecule has 1 aromatic rings. The molecule has 0 atom stereocenters. The second-order valence-corrected chi connectivity index (χ2v) is 7.88. The molecule has 1 rings (SSSR count). The Kier molecular flexibility index (Phi) is 7.39. The molecule has 7 heteroatoms. The SMILES string of the molecule is CCCCCN(C(C)C)S(=O)(=O)c1cc(CNC)oc1Br. The average Bonchev–Trinajstić information content (AvgIpc) is 2.76. The summed E-state index contributed by atoms with van der Waals surface area (Å²) < 4.78 is 32.9. The van der Waals surface area contributed by atoms with Gasteiger partial charge in [0, 0.05) is 18.7 Å². The predicted octanol–water partition coefficient (Wildman–Crippen LogP) is 3.35. The number of halogens is 1. The van der Waals surface area contributed by atoms with Gasteiger partial charge in [-0.3, -0.25) is 0 Å². The molecule has 0 amide bonds. The highest BCUT2D eigenvalue weighted by Gasteiger charge is 2.30. The smallest absolute Gasteiger partial charge is 0.247 e. The van der Waals surface area contributed by atoms with Crippen LogP contribution in [0.3, 0.4) is 0 Å². The van der Waals surface area contributed by atoms with Crippen LogP contribution in [-0.4, -0.2) is 32.4 Å². The van der Waals surface area contributed by atoms with Crippen LogP contribution in [0.4, 0.5) is 0 Å². The molecular weight excluding hydrogens is 356 g/mol. The Morgan fingerprint density at radius 1 is 1.38 bits per heavy atom. The van der Waals surface area contributed by atoms with Crippen molar-refractivity contribution >= 4 is 26.0 Å². The van der Waals surface area contributed by atoms with Gasteiger partial charge < -0.3 is 9.73 Å². The summed E-state index contributed by atoms with van der Waals surface area (Å²) in [7, 11) is -1.76. The predicted molar refractivity (Wildman–Crippen MR) is 87.7 cm³/mol. The molecule has 5 nitrogen and oxygen atoms in total. The van der Waals surface area contributed by atoms with Crippen molar-refractivity contribution in [2.75, 3.05) is 13.6 Å². The molecule has 122 valence electrons. The number of nitrogens with zero attached hydrogens (tertiary/aromatic N) is 1. The summed E-state index contributed by atoms with van der Waals surface area (Å²) >= 11 is 3.22. The molecule has 1 N–H and O–H groups in total. The number of nitrogens with one attached hydrogen (secondary N) is 1. The highest BCUT2D eigenvalue weighted by Crippen LogP contribution is 2.30. The lowest BCUT2D eigenvalue weighted by atomic mass is 10.2. The van der Waals surface area contributed by atoms with Gasteiger partial charge in [-0.2, -0.15) is 4.31 Å². The van der Waals surface area contributed by atoms with Crippen molar-refractivity contribution in [3.63, 3.8) is 0 Å². The van der Waals surface area contributed by atoms with Crippen molar-refractivity contribution in [1.82, 2.24) is 9.62 Å². The van der Waals surface area contributed by atoms with Crippen LogP contribution in [0.2, 0.25) is 0 Å². The van der Waals surface area contributed by atoms with E-state index >= 15 is 0 Å². The van der Waals surface area contributed by atoms with Crippen molar-refractivity contribution in [2.24, 2.45) is 0 Å². The van der Waals surface area contributed by atoms with Crippen molar-refractivity contribution < 1.29 is 12.8 Å². The van der Waals surface area contributed by atoms with Gasteiger partial charge in [-0.05, 0) is 43.2 Å². The zero-order chi connectivity index (χ0) is 16.0. The third-order valence-corrected chi connectivity index (χ3v) is 6.13. The van der Waals surface area contributed by atoms with E-state index in [9.17, 15) is 8.42 Å². The fourth-order valence-electron chi connectivity index (χ4n) is 2.13. The molecule has 0 saturated carbocycles. The van der Waals surface area contributed by atoms with E-state index < -0.39 is 10.0 Å². The minimum Gasteiger partial charge on any atom is -0.452 e. The zero-order valence-corrected chi connectivity index (χ0v) is 15.6. The van der Waals surface area contributed by atoms with Crippen LogP contribution in [0.25, 0.3) is 0 Å². The lowest BCUT2D eigenvalue weighted by molar-refractivity contribution is 0.344. The topological polar surface area (TPSA) is 62.6 Å². The second-order valence-electron chi connectivity index (χ2n) is 5.30. The van der Waals surface area contributed by atoms with Gasteiger partial charge in [-0.1, -0.05) is 19.8 Å². The van der Waals surface area contributed by atoms with Crippen molar-refractivity contribution in [3.05, 3.63) is 16.5 Å². The van der Waals surface area contributed by atoms with Crippen LogP contribution in [0.15, 0.2) is 20.0 Å². The van der Waals surface area contributed by atoms with Crippen LogP contribution in [0.5, 0.6) is 0 Å². The van der Waals surface area contributed by atoms with Crippen molar-refractivity contribution in [3.8, 4) is 0 Å². The molecule has 0 radical (unpaired) electrons. The largest absolute Gasteiger partial charge is 0.452 e. The Morgan fingerprint density at radius 2 is 2.05 bits per heavy atom. The van der Waals surface area contributed by atoms with Gasteiger partial charge >= 0.3 is 0 Å². The summed E-state index contributed by atoms with van der Waals surface area (Å²) in [6, 6.07) is 1.51. The lowest BCUT2D eigenvalue weighted by Crippen LogP contribution is -2.37. The molecule has 1 heterocycles. The second kappa shape index (κ2) is 8.31. The first-order chi connectivity index (χ1) is 9.84. The molecular formula is C14H25BrN2O3S. The van der Waals surface area contributed by atoms with E-state index in [0.717, 1.165) is 19.3 Å². The summed E-state index contributed by atoms with van der Waals surface area (Å²) in [6.07, 6.45) is 2.96. The zero-order valence-electron chi connectivity index (χ0n) is 13.1. The summed E-state index contributed by atoms with van der Waals surface area (Å²) in [5, 5.41) is 2.95. The Morgan fingerprint density at radius 3 is 2.57 bits per heavy atom. The molecule has 0 aromatic carbocycles. The molecule has 0 aliphatic heterocycles. The van der Waals surface area contributed by atoms with Gasteiger partial charge in [-0.25, -0.2) is 8.42 Å². The van der Waals surface area contributed by atoms with Gasteiger partial charge in [0.25, 0.3) is 0 Å². The maximum atomic E-state index is 12.8. The van der Waals surface area contributed by atoms with Gasteiger partial charge in [0.1, 0.15) is 10.7 Å². The number of hydrogen-bond donors (Lipinski definition) is 1.